The highest BCUT2D eigenvalue weighted by Gasteiger charge is 2.07. The molecule has 6 nitrogen and oxygen atoms in total. The normalized spacial score (nSPS) is 10.6. The standard InChI is InChI=1S/C18H20N2O4/c1-12-6-4-7-13(2)18(12)24-11-16(21)20-19-10-14-8-5-9-15(23-3)17(14)22/h4-10,22H,11H2,1-3H3,(H,20,21). The van der Waals surface area contributed by atoms with Crippen LogP contribution in [0.1, 0.15) is 16.7 Å². The predicted octanol–water partition coefficient (Wildman–Crippen LogP) is 2.55. The smallest absolute Gasteiger partial charge is 0.277 e. The first kappa shape index (κ1) is 17.3. The predicted molar refractivity (Wildman–Crippen MR) is 91.8 cm³/mol. The molecule has 0 spiro atoms. The van der Waals surface area contributed by atoms with Gasteiger partial charge in [0.25, 0.3) is 5.91 Å². The van der Waals surface area contributed by atoms with Crippen molar-refractivity contribution in [2.24, 2.45) is 5.10 Å². The summed E-state index contributed by atoms with van der Waals surface area (Å²) in [4.78, 5) is 11.8. The van der Waals surface area contributed by atoms with E-state index in [4.69, 9.17) is 9.47 Å². The molecule has 1 amide bonds. The third-order valence-corrected chi connectivity index (χ3v) is 3.40. The zero-order valence-electron chi connectivity index (χ0n) is 13.9. The van der Waals surface area contributed by atoms with E-state index in [1.54, 1.807) is 18.2 Å². The minimum atomic E-state index is -0.392. The maximum atomic E-state index is 11.8. The maximum absolute atomic E-state index is 11.8. The summed E-state index contributed by atoms with van der Waals surface area (Å²) in [5.74, 6) is 0.604. The first-order valence-corrected chi connectivity index (χ1v) is 7.39. The highest BCUT2D eigenvalue weighted by molar-refractivity contribution is 5.86. The van der Waals surface area contributed by atoms with E-state index in [9.17, 15) is 9.90 Å². The Kier molecular flexibility index (Phi) is 5.78. The molecule has 24 heavy (non-hydrogen) atoms. The number of phenolic OH excluding ortho intramolecular Hbond substituents is 1. The van der Waals surface area contributed by atoms with Gasteiger partial charge in [-0.25, -0.2) is 5.43 Å². The van der Waals surface area contributed by atoms with Crippen LogP contribution < -0.4 is 14.9 Å². The number of ether oxygens (including phenoxy) is 2. The van der Waals surface area contributed by atoms with E-state index < -0.39 is 5.91 Å². The lowest BCUT2D eigenvalue weighted by Gasteiger charge is -2.10. The Hall–Kier alpha value is -3.02. The summed E-state index contributed by atoms with van der Waals surface area (Å²) < 4.78 is 10.5. The summed E-state index contributed by atoms with van der Waals surface area (Å²) in [6.07, 6.45) is 1.34. The van der Waals surface area contributed by atoms with Gasteiger partial charge in [-0.2, -0.15) is 5.10 Å². The fourth-order valence-electron chi connectivity index (χ4n) is 2.18. The van der Waals surface area contributed by atoms with Crippen LogP contribution in [-0.2, 0) is 4.79 Å². The van der Waals surface area contributed by atoms with Gasteiger partial charge in [-0.05, 0) is 37.1 Å². The van der Waals surface area contributed by atoms with Crippen molar-refractivity contribution in [2.75, 3.05) is 13.7 Å². The van der Waals surface area contributed by atoms with Gasteiger partial charge in [0, 0.05) is 5.56 Å². The minimum absolute atomic E-state index is 0.0372. The van der Waals surface area contributed by atoms with Crippen LogP contribution in [0.5, 0.6) is 17.2 Å². The Morgan fingerprint density at radius 2 is 1.88 bits per heavy atom. The molecule has 0 saturated carbocycles. The third kappa shape index (κ3) is 4.25. The van der Waals surface area contributed by atoms with Gasteiger partial charge in [0.2, 0.25) is 0 Å². The highest BCUT2D eigenvalue weighted by Crippen LogP contribution is 2.27. The van der Waals surface area contributed by atoms with Crippen LogP contribution in [0.15, 0.2) is 41.5 Å². The Bertz CT molecular complexity index is 736. The van der Waals surface area contributed by atoms with Crippen LogP contribution in [-0.4, -0.2) is 30.9 Å². The van der Waals surface area contributed by atoms with Crippen molar-refractivity contribution in [3.05, 3.63) is 53.1 Å². The average Bonchev–Trinajstić information content (AvgIpc) is 2.56. The minimum Gasteiger partial charge on any atom is -0.504 e. The second kappa shape index (κ2) is 8.01. The van der Waals surface area contributed by atoms with Crippen molar-refractivity contribution < 1.29 is 19.4 Å². The first-order valence-electron chi connectivity index (χ1n) is 7.39. The number of aromatic hydroxyl groups is 1. The summed E-state index contributed by atoms with van der Waals surface area (Å²) in [7, 11) is 1.46. The number of aryl methyl sites for hydroxylation is 2. The molecule has 2 aromatic carbocycles. The quantitative estimate of drug-likeness (QED) is 0.631. The molecule has 126 valence electrons. The molecule has 2 N–H and O–H groups in total. The number of methoxy groups -OCH3 is 1. The number of hydrogen-bond donors (Lipinski definition) is 2. The van der Waals surface area contributed by atoms with E-state index in [0.717, 1.165) is 11.1 Å². The highest BCUT2D eigenvalue weighted by atomic mass is 16.5. The summed E-state index contributed by atoms with van der Waals surface area (Å²) in [5, 5.41) is 13.7. The molecule has 6 heteroatoms. The van der Waals surface area contributed by atoms with E-state index in [1.165, 1.54) is 13.3 Å². The summed E-state index contributed by atoms with van der Waals surface area (Å²) in [6.45, 7) is 3.70. The molecule has 0 aliphatic carbocycles. The van der Waals surface area contributed by atoms with Crippen LogP contribution in [0.25, 0.3) is 0 Å². The van der Waals surface area contributed by atoms with Crippen molar-refractivity contribution in [3.63, 3.8) is 0 Å². The number of nitrogens with one attached hydrogen (secondary N) is 1. The van der Waals surface area contributed by atoms with Crippen molar-refractivity contribution in [1.29, 1.82) is 0 Å². The Morgan fingerprint density at radius 1 is 1.21 bits per heavy atom. The Morgan fingerprint density at radius 3 is 2.54 bits per heavy atom. The van der Waals surface area contributed by atoms with Crippen molar-refractivity contribution in [1.82, 2.24) is 5.43 Å². The third-order valence-electron chi connectivity index (χ3n) is 3.40. The van der Waals surface area contributed by atoms with E-state index in [2.05, 4.69) is 10.5 Å². The van der Waals surface area contributed by atoms with Crippen LogP contribution in [0, 0.1) is 13.8 Å². The van der Waals surface area contributed by atoms with Gasteiger partial charge in [-0.1, -0.05) is 24.3 Å². The van der Waals surface area contributed by atoms with Gasteiger partial charge in [0.05, 0.1) is 13.3 Å². The van der Waals surface area contributed by atoms with E-state index in [0.29, 0.717) is 17.1 Å². The fourth-order valence-corrected chi connectivity index (χ4v) is 2.18. The molecule has 0 fully saturated rings. The van der Waals surface area contributed by atoms with Gasteiger partial charge in [0.1, 0.15) is 5.75 Å². The Balaban J connectivity index is 1.92. The van der Waals surface area contributed by atoms with E-state index in [-0.39, 0.29) is 12.4 Å². The molecule has 0 aliphatic rings. The molecule has 0 atom stereocenters. The van der Waals surface area contributed by atoms with Gasteiger partial charge < -0.3 is 14.6 Å². The fraction of sp³-hybridized carbons (Fsp3) is 0.222. The zero-order valence-corrected chi connectivity index (χ0v) is 13.9. The monoisotopic (exact) mass is 328 g/mol. The Labute approximate surface area is 140 Å². The van der Waals surface area contributed by atoms with Gasteiger partial charge in [0.15, 0.2) is 18.1 Å². The molecule has 2 rings (SSSR count). The number of phenols is 1. The summed E-state index contributed by atoms with van der Waals surface area (Å²) in [6, 6.07) is 10.8. The average molecular weight is 328 g/mol. The number of carbonyl (C=O) groups is 1. The molecule has 0 radical (unpaired) electrons. The van der Waals surface area contributed by atoms with Crippen LogP contribution in [0.4, 0.5) is 0 Å². The van der Waals surface area contributed by atoms with Crippen LogP contribution >= 0.6 is 0 Å². The molecule has 0 heterocycles. The van der Waals surface area contributed by atoms with Gasteiger partial charge >= 0.3 is 0 Å². The first-order chi connectivity index (χ1) is 11.5. The van der Waals surface area contributed by atoms with Crippen molar-refractivity contribution in [3.8, 4) is 17.2 Å². The van der Waals surface area contributed by atoms with Gasteiger partial charge in [-0.3, -0.25) is 4.79 Å². The topological polar surface area (TPSA) is 80.2 Å². The number of amides is 1. The molecular weight excluding hydrogens is 308 g/mol. The molecule has 0 unspecified atom stereocenters. The second-order valence-corrected chi connectivity index (χ2v) is 5.20. The lowest BCUT2D eigenvalue weighted by atomic mass is 10.1. The SMILES string of the molecule is COc1cccc(C=NNC(=O)COc2c(C)cccc2C)c1O. The summed E-state index contributed by atoms with van der Waals surface area (Å²) >= 11 is 0. The number of benzene rings is 2. The number of rotatable bonds is 6. The number of hydrogen-bond acceptors (Lipinski definition) is 5. The maximum Gasteiger partial charge on any atom is 0.277 e. The van der Waals surface area contributed by atoms with Crippen LogP contribution in [0.2, 0.25) is 0 Å². The molecule has 0 bridgehead atoms. The molecule has 2 aromatic rings. The number of para-hydroxylation sites is 2. The lowest BCUT2D eigenvalue weighted by Crippen LogP contribution is -2.25. The number of carbonyl (C=O) groups excluding carboxylic acids is 1. The molecule has 0 aromatic heterocycles. The zero-order chi connectivity index (χ0) is 17.5. The molecule has 0 aliphatic heterocycles. The second-order valence-electron chi connectivity index (χ2n) is 5.20. The number of hydrazone groups is 1. The number of nitrogens with zero attached hydrogens (tertiary/aromatic N) is 1. The van der Waals surface area contributed by atoms with Crippen molar-refractivity contribution >= 4 is 12.1 Å². The molecular formula is C18H20N2O4. The molecule has 0 saturated heterocycles. The van der Waals surface area contributed by atoms with E-state index >= 15 is 0 Å². The van der Waals surface area contributed by atoms with Crippen molar-refractivity contribution in [2.45, 2.75) is 13.8 Å². The van der Waals surface area contributed by atoms with Gasteiger partial charge in [-0.15, -0.1) is 0 Å². The lowest BCUT2D eigenvalue weighted by molar-refractivity contribution is -0.123. The largest absolute Gasteiger partial charge is 0.504 e. The van der Waals surface area contributed by atoms with E-state index in [1.807, 2.05) is 32.0 Å². The summed E-state index contributed by atoms with van der Waals surface area (Å²) in [5.41, 5.74) is 4.72. The van der Waals surface area contributed by atoms with Crippen LogP contribution in [0.3, 0.4) is 0 Å².